The van der Waals surface area contributed by atoms with Crippen LogP contribution in [-0.4, -0.2) is 23.1 Å². The summed E-state index contributed by atoms with van der Waals surface area (Å²) in [6.07, 6.45) is 3.59. The van der Waals surface area contributed by atoms with Crippen LogP contribution < -0.4 is 10.6 Å². The standard InChI is InChI=1S/C13H16N4/c1-3-7-15-12(5-1)11-14-9-10-17-13-6-2-4-8-16-13/h1-8,14H,9-11H2,(H,16,17). The first-order valence-electron chi connectivity index (χ1n) is 5.71. The van der Waals surface area contributed by atoms with Crippen LogP contribution in [-0.2, 0) is 6.54 Å². The molecule has 0 saturated carbocycles. The van der Waals surface area contributed by atoms with E-state index in [-0.39, 0.29) is 0 Å². The van der Waals surface area contributed by atoms with Crippen molar-refractivity contribution in [2.45, 2.75) is 6.54 Å². The van der Waals surface area contributed by atoms with E-state index in [1.54, 1.807) is 6.20 Å². The van der Waals surface area contributed by atoms with Gasteiger partial charge in [-0.05, 0) is 24.3 Å². The Morgan fingerprint density at radius 3 is 2.41 bits per heavy atom. The lowest BCUT2D eigenvalue weighted by Gasteiger charge is -2.06. The van der Waals surface area contributed by atoms with Crippen LogP contribution in [0.1, 0.15) is 5.69 Å². The number of hydrogen-bond donors (Lipinski definition) is 2. The van der Waals surface area contributed by atoms with Gasteiger partial charge in [0.05, 0.1) is 5.69 Å². The molecule has 0 fully saturated rings. The Morgan fingerprint density at radius 2 is 1.71 bits per heavy atom. The number of aromatic nitrogens is 2. The molecule has 2 rings (SSSR count). The third-order valence-electron chi connectivity index (χ3n) is 2.31. The normalized spacial score (nSPS) is 10.1. The molecule has 0 aliphatic rings. The summed E-state index contributed by atoms with van der Waals surface area (Å²) < 4.78 is 0. The average molecular weight is 228 g/mol. The fourth-order valence-electron chi connectivity index (χ4n) is 1.47. The Bertz CT molecular complexity index is 374. The van der Waals surface area contributed by atoms with Gasteiger partial charge in [0.2, 0.25) is 0 Å². The minimum atomic E-state index is 0.796. The molecule has 0 spiro atoms. The van der Waals surface area contributed by atoms with Crippen molar-refractivity contribution in [1.29, 1.82) is 0 Å². The van der Waals surface area contributed by atoms with E-state index in [0.717, 1.165) is 31.1 Å². The summed E-state index contributed by atoms with van der Waals surface area (Å²) in [5.74, 6) is 0.909. The van der Waals surface area contributed by atoms with Gasteiger partial charge in [0, 0.05) is 32.0 Å². The Labute approximate surface area is 101 Å². The van der Waals surface area contributed by atoms with E-state index in [0.29, 0.717) is 0 Å². The predicted octanol–water partition coefficient (Wildman–Crippen LogP) is 1.68. The second kappa shape index (κ2) is 6.60. The van der Waals surface area contributed by atoms with Crippen molar-refractivity contribution in [3.8, 4) is 0 Å². The summed E-state index contributed by atoms with van der Waals surface area (Å²) in [4.78, 5) is 8.42. The minimum absolute atomic E-state index is 0.796. The molecule has 0 bridgehead atoms. The first-order valence-corrected chi connectivity index (χ1v) is 5.71. The van der Waals surface area contributed by atoms with E-state index in [2.05, 4.69) is 20.6 Å². The summed E-state index contributed by atoms with van der Waals surface area (Å²) in [6, 6.07) is 11.8. The highest BCUT2D eigenvalue weighted by molar-refractivity contribution is 5.32. The number of rotatable bonds is 6. The molecule has 0 aliphatic heterocycles. The summed E-state index contributed by atoms with van der Waals surface area (Å²) in [5.41, 5.74) is 1.06. The van der Waals surface area contributed by atoms with E-state index in [9.17, 15) is 0 Å². The van der Waals surface area contributed by atoms with Crippen LogP contribution in [0.25, 0.3) is 0 Å². The highest BCUT2D eigenvalue weighted by Gasteiger charge is 1.93. The zero-order valence-corrected chi connectivity index (χ0v) is 9.63. The largest absolute Gasteiger partial charge is 0.369 e. The average Bonchev–Trinajstić information content (AvgIpc) is 2.41. The van der Waals surface area contributed by atoms with Crippen molar-refractivity contribution in [3.05, 3.63) is 54.5 Å². The number of hydrogen-bond acceptors (Lipinski definition) is 4. The molecule has 2 aromatic heterocycles. The summed E-state index contributed by atoms with van der Waals surface area (Å²) in [6.45, 7) is 2.53. The molecule has 0 aromatic carbocycles. The van der Waals surface area contributed by atoms with Gasteiger partial charge in [-0.1, -0.05) is 12.1 Å². The van der Waals surface area contributed by atoms with Crippen molar-refractivity contribution in [2.75, 3.05) is 18.4 Å². The van der Waals surface area contributed by atoms with Gasteiger partial charge in [-0.15, -0.1) is 0 Å². The monoisotopic (exact) mass is 228 g/mol. The van der Waals surface area contributed by atoms with E-state index in [1.165, 1.54) is 0 Å². The van der Waals surface area contributed by atoms with Crippen molar-refractivity contribution >= 4 is 5.82 Å². The lowest BCUT2D eigenvalue weighted by molar-refractivity contribution is 0.692. The van der Waals surface area contributed by atoms with Crippen molar-refractivity contribution in [2.24, 2.45) is 0 Å². The molecule has 2 heterocycles. The Balaban J connectivity index is 1.61. The van der Waals surface area contributed by atoms with Gasteiger partial charge in [-0.3, -0.25) is 4.98 Å². The molecule has 0 unspecified atom stereocenters. The van der Waals surface area contributed by atoms with Crippen molar-refractivity contribution in [3.63, 3.8) is 0 Å². The smallest absolute Gasteiger partial charge is 0.125 e. The number of anilines is 1. The molecule has 2 N–H and O–H groups in total. The summed E-state index contributed by atoms with van der Waals surface area (Å²) in [7, 11) is 0. The molecule has 0 amide bonds. The molecule has 17 heavy (non-hydrogen) atoms. The Kier molecular flexibility index (Phi) is 4.48. The van der Waals surface area contributed by atoms with Gasteiger partial charge in [-0.25, -0.2) is 4.98 Å². The molecule has 88 valence electrons. The highest BCUT2D eigenvalue weighted by Crippen LogP contribution is 1.98. The Morgan fingerprint density at radius 1 is 0.882 bits per heavy atom. The van der Waals surface area contributed by atoms with E-state index in [4.69, 9.17) is 0 Å². The van der Waals surface area contributed by atoms with Gasteiger partial charge in [0.15, 0.2) is 0 Å². The second-order valence-electron chi connectivity index (χ2n) is 3.64. The van der Waals surface area contributed by atoms with Gasteiger partial charge in [-0.2, -0.15) is 0 Å². The topological polar surface area (TPSA) is 49.8 Å². The molecule has 0 aliphatic carbocycles. The lowest BCUT2D eigenvalue weighted by atomic mass is 10.3. The zero-order valence-electron chi connectivity index (χ0n) is 9.63. The van der Waals surface area contributed by atoms with Crippen LogP contribution in [0, 0.1) is 0 Å². The van der Waals surface area contributed by atoms with Crippen molar-refractivity contribution < 1.29 is 0 Å². The summed E-state index contributed by atoms with van der Waals surface area (Å²) >= 11 is 0. The molecule has 0 atom stereocenters. The van der Waals surface area contributed by atoms with Crippen LogP contribution in [0.3, 0.4) is 0 Å². The van der Waals surface area contributed by atoms with Crippen LogP contribution in [0.5, 0.6) is 0 Å². The van der Waals surface area contributed by atoms with E-state index >= 15 is 0 Å². The van der Waals surface area contributed by atoms with Crippen molar-refractivity contribution in [1.82, 2.24) is 15.3 Å². The SMILES string of the molecule is c1ccc(CNCCNc2ccccn2)nc1. The Hall–Kier alpha value is -1.94. The van der Waals surface area contributed by atoms with Gasteiger partial charge < -0.3 is 10.6 Å². The van der Waals surface area contributed by atoms with E-state index < -0.39 is 0 Å². The van der Waals surface area contributed by atoms with Crippen LogP contribution >= 0.6 is 0 Å². The minimum Gasteiger partial charge on any atom is -0.369 e. The number of pyridine rings is 2. The summed E-state index contributed by atoms with van der Waals surface area (Å²) in [5, 5.41) is 6.56. The molecular weight excluding hydrogens is 212 g/mol. The fraction of sp³-hybridized carbons (Fsp3) is 0.231. The molecular formula is C13H16N4. The van der Waals surface area contributed by atoms with Crippen LogP contribution in [0.15, 0.2) is 48.8 Å². The maximum atomic E-state index is 4.24. The quantitative estimate of drug-likeness (QED) is 0.739. The maximum Gasteiger partial charge on any atom is 0.125 e. The first kappa shape index (κ1) is 11.5. The van der Waals surface area contributed by atoms with Gasteiger partial charge in [0.1, 0.15) is 5.82 Å². The molecule has 0 radical (unpaired) electrons. The second-order valence-corrected chi connectivity index (χ2v) is 3.64. The van der Waals surface area contributed by atoms with Gasteiger partial charge >= 0.3 is 0 Å². The number of nitrogens with zero attached hydrogens (tertiary/aromatic N) is 2. The molecule has 2 aromatic rings. The first-order chi connectivity index (χ1) is 8.45. The molecule has 4 heteroatoms. The lowest BCUT2D eigenvalue weighted by Crippen LogP contribution is -2.22. The fourth-order valence-corrected chi connectivity index (χ4v) is 1.47. The van der Waals surface area contributed by atoms with Crippen LogP contribution in [0.4, 0.5) is 5.82 Å². The van der Waals surface area contributed by atoms with Crippen LogP contribution in [0.2, 0.25) is 0 Å². The maximum absolute atomic E-state index is 4.24. The molecule has 0 saturated heterocycles. The van der Waals surface area contributed by atoms with Gasteiger partial charge in [0.25, 0.3) is 0 Å². The highest BCUT2D eigenvalue weighted by atomic mass is 15.0. The number of nitrogens with one attached hydrogen (secondary N) is 2. The third-order valence-corrected chi connectivity index (χ3v) is 2.31. The van der Waals surface area contributed by atoms with E-state index in [1.807, 2.05) is 42.6 Å². The third kappa shape index (κ3) is 4.20. The predicted molar refractivity (Wildman–Crippen MR) is 68.7 cm³/mol. The molecule has 4 nitrogen and oxygen atoms in total. The zero-order chi connectivity index (χ0) is 11.8.